The van der Waals surface area contributed by atoms with Crippen LogP contribution in [0.1, 0.15) is 15.4 Å². The molecule has 1 amide bonds. The molecular weight excluding hydrogens is 212 g/mol. The summed E-state index contributed by atoms with van der Waals surface area (Å²) in [6, 6.07) is 5.41. The lowest BCUT2D eigenvalue weighted by molar-refractivity contribution is 0.0950. The van der Waals surface area contributed by atoms with Crippen LogP contribution >= 0.6 is 11.3 Å². The Hall–Kier alpha value is -1.95. The molecule has 0 aliphatic carbocycles. The zero-order chi connectivity index (χ0) is 10.5. The van der Waals surface area contributed by atoms with Crippen molar-refractivity contribution in [2.75, 3.05) is 0 Å². The number of H-pyrrole nitrogens is 1. The normalized spacial score (nSPS) is 10.7. The molecule has 2 aromatic heterocycles. The number of aromatic amines is 1. The van der Waals surface area contributed by atoms with Crippen LogP contribution in [0.4, 0.5) is 0 Å². The predicted molar refractivity (Wildman–Crippen MR) is 58.0 cm³/mol. The number of hydrazone groups is 1. The third-order valence-corrected chi connectivity index (χ3v) is 2.45. The van der Waals surface area contributed by atoms with Gasteiger partial charge in [0.1, 0.15) is 5.69 Å². The second-order valence-electron chi connectivity index (χ2n) is 2.68. The van der Waals surface area contributed by atoms with Gasteiger partial charge < -0.3 is 0 Å². The van der Waals surface area contributed by atoms with Crippen molar-refractivity contribution in [3.8, 4) is 0 Å². The number of aromatic nitrogens is 2. The Kier molecular flexibility index (Phi) is 2.89. The van der Waals surface area contributed by atoms with Crippen LogP contribution in [-0.4, -0.2) is 22.3 Å². The molecular formula is C9H8N4OS. The van der Waals surface area contributed by atoms with Gasteiger partial charge in [-0.2, -0.15) is 10.2 Å². The summed E-state index contributed by atoms with van der Waals surface area (Å²) in [7, 11) is 0. The van der Waals surface area contributed by atoms with Gasteiger partial charge in [0, 0.05) is 11.1 Å². The molecule has 76 valence electrons. The Balaban J connectivity index is 1.91. The molecule has 6 heteroatoms. The van der Waals surface area contributed by atoms with E-state index in [1.807, 2.05) is 17.5 Å². The van der Waals surface area contributed by atoms with Crippen LogP contribution in [0.15, 0.2) is 34.9 Å². The number of hydrogen-bond donors (Lipinski definition) is 2. The average molecular weight is 220 g/mol. The van der Waals surface area contributed by atoms with Gasteiger partial charge in [0.2, 0.25) is 0 Å². The van der Waals surface area contributed by atoms with Crippen LogP contribution in [-0.2, 0) is 0 Å². The number of carbonyl (C=O) groups excluding carboxylic acids is 1. The SMILES string of the molecule is O=C(N/N=C/c1cccs1)c1ccn[nH]1. The minimum absolute atomic E-state index is 0.305. The number of thiophene rings is 1. The van der Waals surface area contributed by atoms with E-state index in [1.165, 1.54) is 6.20 Å². The lowest BCUT2D eigenvalue weighted by atomic mass is 10.4. The Labute approximate surface area is 89.8 Å². The first-order valence-corrected chi connectivity index (χ1v) is 5.10. The second-order valence-corrected chi connectivity index (χ2v) is 3.66. The fraction of sp³-hybridized carbons (Fsp3) is 0. The third-order valence-electron chi connectivity index (χ3n) is 1.65. The van der Waals surface area contributed by atoms with Gasteiger partial charge in [-0.25, -0.2) is 5.43 Å². The van der Waals surface area contributed by atoms with Crippen LogP contribution in [0, 0.1) is 0 Å². The van der Waals surface area contributed by atoms with Gasteiger partial charge in [-0.05, 0) is 17.5 Å². The molecule has 5 nitrogen and oxygen atoms in total. The molecule has 2 aromatic rings. The van der Waals surface area contributed by atoms with Crippen molar-refractivity contribution in [1.29, 1.82) is 0 Å². The fourth-order valence-electron chi connectivity index (χ4n) is 0.962. The van der Waals surface area contributed by atoms with E-state index in [4.69, 9.17) is 0 Å². The largest absolute Gasteiger partial charge is 0.289 e. The summed E-state index contributed by atoms with van der Waals surface area (Å²) in [6.07, 6.45) is 3.11. The van der Waals surface area contributed by atoms with Crippen molar-refractivity contribution in [2.24, 2.45) is 5.10 Å². The van der Waals surface area contributed by atoms with Gasteiger partial charge in [-0.15, -0.1) is 11.3 Å². The van der Waals surface area contributed by atoms with Gasteiger partial charge in [-0.1, -0.05) is 6.07 Å². The van der Waals surface area contributed by atoms with Crippen LogP contribution < -0.4 is 5.43 Å². The molecule has 0 aliphatic heterocycles. The van der Waals surface area contributed by atoms with E-state index < -0.39 is 0 Å². The van der Waals surface area contributed by atoms with Crippen molar-refractivity contribution in [2.45, 2.75) is 0 Å². The van der Waals surface area contributed by atoms with Crippen LogP contribution in [0.3, 0.4) is 0 Å². The molecule has 15 heavy (non-hydrogen) atoms. The lowest BCUT2D eigenvalue weighted by Gasteiger charge is -1.93. The summed E-state index contributed by atoms with van der Waals surface area (Å²) in [5, 5.41) is 12.0. The van der Waals surface area contributed by atoms with E-state index in [9.17, 15) is 4.79 Å². The highest BCUT2D eigenvalue weighted by atomic mass is 32.1. The minimum Gasteiger partial charge on any atom is -0.273 e. The molecule has 0 bridgehead atoms. The Bertz CT molecular complexity index is 446. The summed E-state index contributed by atoms with van der Waals surface area (Å²) < 4.78 is 0. The number of nitrogens with one attached hydrogen (secondary N) is 2. The van der Waals surface area contributed by atoms with Crippen molar-refractivity contribution in [1.82, 2.24) is 15.6 Å². The minimum atomic E-state index is -0.305. The van der Waals surface area contributed by atoms with Gasteiger partial charge in [0.05, 0.1) is 6.21 Å². The molecule has 2 N–H and O–H groups in total. The number of nitrogens with zero attached hydrogens (tertiary/aromatic N) is 2. The molecule has 0 saturated carbocycles. The average Bonchev–Trinajstić information content (AvgIpc) is 2.90. The van der Waals surface area contributed by atoms with Crippen molar-refractivity contribution in [3.63, 3.8) is 0 Å². The van der Waals surface area contributed by atoms with E-state index in [0.29, 0.717) is 5.69 Å². The van der Waals surface area contributed by atoms with E-state index in [1.54, 1.807) is 23.6 Å². The third kappa shape index (κ3) is 2.50. The zero-order valence-electron chi connectivity index (χ0n) is 7.68. The molecule has 0 aromatic carbocycles. The number of carbonyl (C=O) groups is 1. The highest BCUT2D eigenvalue weighted by molar-refractivity contribution is 7.11. The molecule has 0 aliphatic rings. The summed E-state index contributed by atoms with van der Waals surface area (Å²) in [5.74, 6) is -0.305. The molecule has 0 fully saturated rings. The van der Waals surface area contributed by atoms with Gasteiger partial charge >= 0.3 is 0 Å². The first-order chi connectivity index (χ1) is 7.36. The molecule has 0 unspecified atom stereocenters. The maximum Gasteiger partial charge on any atom is 0.289 e. The number of rotatable bonds is 3. The Morgan fingerprint density at radius 2 is 2.53 bits per heavy atom. The summed E-state index contributed by atoms with van der Waals surface area (Å²) in [5.41, 5.74) is 2.78. The highest BCUT2D eigenvalue weighted by Gasteiger charge is 2.03. The summed E-state index contributed by atoms with van der Waals surface area (Å²) in [4.78, 5) is 12.3. The molecule has 0 spiro atoms. The van der Waals surface area contributed by atoms with Crippen LogP contribution in [0.2, 0.25) is 0 Å². The standard InChI is InChI=1S/C9H8N4OS/c14-9(8-3-4-10-12-8)13-11-6-7-2-1-5-15-7/h1-6H,(H,10,12)(H,13,14)/b11-6+. The fourth-order valence-corrected chi connectivity index (χ4v) is 1.55. The van der Waals surface area contributed by atoms with Crippen LogP contribution in [0.5, 0.6) is 0 Å². The van der Waals surface area contributed by atoms with Gasteiger partial charge in [0.25, 0.3) is 5.91 Å². The van der Waals surface area contributed by atoms with E-state index in [0.717, 1.165) is 4.88 Å². The first kappa shape index (κ1) is 9.60. The van der Waals surface area contributed by atoms with Crippen LogP contribution in [0.25, 0.3) is 0 Å². The molecule has 0 atom stereocenters. The molecule has 0 saturated heterocycles. The number of amides is 1. The van der Waals surface area contributed by atoms with E-state index in [2.05, 4.69) is 20.7 Å². The first-order valence-electron chi connectivity index (χ1n) is 4.22. The maximum atomic E-state index is 11.3. The summed E-state index contributed by atoms with van der Waals surface area (Å²) in [6.45, 7) is 0. The van der Waals surface area contributed by atoms with Crippen molar-refractivity contribution < 1.29 is 4.79 Å². The molecule has 2 heterocycles. The maximum absolute atomic E-state index is 11.3. The smallest absolute Gasteiger partial charge is 0.273 e. The molecule has 0 radical (unpaired) electrons. The Morgan fingerprint density at radius 3 is 3.20 bits per heavy atom. The van der Waals surface area contributed by atoms with E-state index in [-0.39, 0.29) is 5.91 Å². The zero-order valence-corrected chi connectivity index (χ0v) is 8.49. The van der Waals surface area contributed by atoms with E-state index >= 15 is 0 Å². The quantitative estimate of drug-likeness (QED) is 0.603. The lowest BCUT2D eigenvalue weighted by Crippen LogP contribution is -2.17. The van der Waals surface area contributed by atoms with Gasteiger partial charge in [-0.3, -0.25) is 9.89 Å². The highest BCUT2D eigenvalue weighted by Crippen LogP contribution is 2.04. The van der Waals surface area contributed by atoms with Gasteiger partial charge in [0.15, 0.2) is 0 Å². The summed E-state index contributed by atoms with van der Waals surface area (Å²) >= 11 is 1.55. The molecule has 2 rings (SSSR count). The topological polar surface area (TPSA) is 70.1 Å². The predicted octanol–water partition coefficient (Wildman–Crippen LogP) is 1.24. The monoisotopic (exact) mass is 220 g/mol. The van der Waals surface area contributed by atoms with Crippen molar-refractivity contribution >= 4 is 23.5 Å². The Morgan fingerprint density at radius 1 is 1.60 bits per heavy atom. The number of hydrogen-bond acceptors (Lipinski definition) is 4. The second kappa shape index (κ2) is 4.52. The van der Waals surface area contributed by atoms with Crippen molar-refractivity contribution in [3.05, 3.63) is 40.3 Å².